The molecule has 0 amide bonds. The van der Waals surface area contributed by atoms with Gasteiger partial charge in [0.15, 0.2) is 0 Å². The van der Waals surface area contributed by atoms with E-state index < -0.39 is 5.97 Å². The number of hydrogen-bond acceptors (Lipinski definition) is 1. The van der Waals surface area contributed by atoms with Crippen LogP contribution in [-0.4, -0.2) is 11.1 Å². The number of carboxylic acids is 1. The van der Waals surface area contributed by atoms with Crippen LogP contribution in [0.3, 0.4) is 0 Å². The van der Waals surface area contributed by atoms with Crippen molar-refractivity contribution in [1.29, 1.82) is 0 Å². The molecule has 1 rings (SSSR count). The highest BCUT2D eigenvalue weighted by atomic mass is 79.9. The second kappa shape index (κ2) is 4.82. The number of aliphatic carboxylic acids is 1. The van der Waals surface area contributed by atoms with Gasteiger partial charge in [-0.1, -0.05) is 40.2 Å². The van der Waals surface area contributed by atoms with Gasteiger partial charge in [-0.05, 0) is 17.2 Å². The molecule has 1 aromatic carbocycles. The van der Waals surface area contributed by atoms with Gasteiger partial charge in [0.2, 0.25) is 0 Å². The molecule has 3 heteroatoms. The van der Waals surface area contributed by atoms with Crippen LogP contribution in [0.15, 0.2) is 30.3 Å². The lowest BCUT2D eigenvalue weighted by molar-refractivity contribution is -0.131. The van der Waals surface area contributed by atoms with E-state index in [1.807, 2.05) is 24.3 Å². The number of hydrogen-bond donors (Lipinski definition) is 1. The molecule has 0 spiro atoms. The van der Waals surface area contributed by atoms with Crippen molar-refractivity contribution < 1.29 is 9.90 Å². The van der Waals surface area contributed by atoms with Gasteiger partial charge in [0.25, 0.3) is 0 Å². The van der Waals surface area contributed by atoms with Crippen LogP contribution in [0, 0.1) is 0 Å². The topological polar surface area (TPSA) is 37.3 Å². The Morgan fingerprint density at radius 2 is 2.15 bits per heavy atom. The molecular formula is C10H9BrO2. The van der Waals surface area contributed by atoms with Crippen LogP contribution in [0.4, 0.5) is 0 Å². The first-order valence-corrected chi connectivity index (χ1v) is 4.91. The van der Waals surface area contributed by atoms with Gasteiger partial charge >= 0.3 is 5.97 Å². The summed E-state index contributed by atoms with van der Waals surface area (Å²) in [6, 6.07) is 7.65. The fourth-order valence-corrected chi connectivity index (χ4v) is 1.49. The predicted molar refractivity (Wildman–Crippen MR) is 55.7 cm³/mol. The highest BCUT2D eigenvalue weighted by molar-refractivity contribution is 9.08. The number of benzene rings is 1. The molecule has 1 N–H and O–H groups in total. The Bertz CT molecular complexity index is 331. The Morgan fingerprint density at radius 3 is 2.77 bits per heavy atom. The third-order valence-electron chi connectivity index (χ3n) is 1.60. The Morgan fingerprint density at radius 1 is 1.46 bits per heavy atom. The van der Waals surface area contributed by atoms with Crippen LogP contribution < -0.4 is 0 Å². The fraction of sp³-hybridized carbons (Fsp3) is 0.100. The summed E-state index contributed by atoms with van der Waals surface area (Å²) >= 11 is 3.33. The molecule has 0 bridgehead atoms. The van der Waals surface area contributed by atoms with Crippen molar-refractivity contribution in [3.8, 4) is 0 Å². The molecule has 2 nitrogen and oxygen atoms in total. The van der Waals surface area contributed by atoms with Crippen molar-refractivity contribution in [3.05, 3.63) is 41.5 Å². The van der Waals surface area contributed by atoms with E-state index in [4.69, 9.17) is 5.11 Å². The minimum Gasteiger partial charge on any atom is -0.478 e. The van der Waals surface area contributed by atoms with Gasteiger partial charge in [-0.2, -0.15) is 0 Å². The molecule has 68 valence electrons. The zero-order valence-corrected chi connectivity index (χ0v) is 8.49. The van der Waals surface area contributed by atoms with Crippen molar-refractivity contribution >= 4 is 28.0 Å². The van der Waals surface area contributed by atoms with Crippen LogP contribution in [0.2, 0.25) is 0 Å². The van der Waals surface area contributed by atoms with Crippen molar-refractivity contribution in [1.82, 2.24) is 0 Å². The van der Waals surface area contributed by atoms with E-state index in [0.29, 0.717) is 0 Å². The van der Waals surface area contributed by atoms with Gasteiger partial charge in [0, 0.05) is 11.4 Å². The molecule has 0 aliphatic rings. The van der Waals surface area contributed by atoms with Crippen LogP contribution >= 0.6 is 15.9 Å². The van der Waals surface area contributed by atoms with E-state index >= 15 is 0 Å². The van der Waals surface area contributed by atoms with Crippen LogP contribution in [0.25, 0.3) is 6.08 Å². The van der Waals surface area contributed by atoms with E-state index in [2.05, 4.69) is 15.9 Å². The van der Waals surface area contributed by atoms with Crippen LogP contribution in [0.5, 0.6) is 0 Å². The molecule has 0 fully saturated rings. The van der Waals surface area contributed by atoms with E-state index in [-0.39, 0.29) is 0 Å². The van der Waals surface area contributed by atoms with Crippen molar-refractivity contribution in [2.45, 2.75) is 5.33 Å². The average Bonchev–Trinajstić information content (AvgIpc) is 2.15. The second-order valence-electron chi connectivity index (χ2n) is 2.50. The summed E-state index contributed by atoms with van der Waals surface area (Å²) in [5, 5.41) is 9.17. The highest BCUT2D eigenvalue weighted by Gasteiger charge is 1.96. The van der Waals surface area contributed by atoms with Crippen molar-refractivity contribution in [2.24, 2.45) is 0 Å². The van der Waals surface area contributed by atoms with Gasteiger partial charge in [-0.15, -0.1) is 0 Å². The Kier molecular flexibility index (Phi) is 3.71. The second-order valence-corrected chi connectivity index (χ2v) is 3.06. The third kappa shape index (κ3) is 3.03. The summed E-state index contributed by atoms with van der Waals surface area (Å²) < 4.78 is 0. The Balaban J connectivity index is 2.93. The molecule has 13 heavy (non-hydrogen) atoms. The summed E-state index contributed by atoms with van der Waals surface area (Å²) in [6.07, 6.45) is 2.74. The summed E-state index contributed by atoms with van der Waals surface area (Å²) in [7, 11) is 0. The molecule has 1 aromatic rings. The molecule has 0 unspecified atom stereocenters. The smallest absolute Gasteiger partial charge is 0.328 e. The lowest BCUT2D eigenvalue weighted by atomic mass is 10.1. The first-order valence-electron chi connectivity index (χ1n) is 3.79. The lowest BCUT2D eigenvalue weighted by Gasteiger charge is -1.99. The van der Waals surface area contributed by atoms with Crippen LogP contribution in [0.1, 0.15) is 11.1 Å². The molecule has 0 aliphatic heterocycles. The zero-order valence-electron chi connectivity index (χ0n) is 6.90. The van der Waals surface area contributed by atoms with Crippen molar-refractivity contribution in [2.75, 3.05) is 0 Å². The monoisotopic (exact) mass is 240 g/mol. The van der Waals surface area contributed by atoms with Gasteiger partial charge in [0.1, 0.15) is 0 Å². The largest absolute Gasteiger partial charge is 0.478 e. The van der Waals surface area contributed by atoms with Gasteiger partial charge in [0.05, 0.1) is 0 Å². The minimum absolute atomic E-state index is 0.729. The highest BCUT2D eigenvalue weighted by Crippen LogP contribution is 2.13. The number of alkyl halides is 1. The van der Waals surface area contributed by atoms with E-state index in [9.17, 15) is 4.79 Å². The number of halogens is 1. The van der Waals surface area contributed by atoms with Gasteiger partial charge in [-0.25, -0.2) is 4.79 Å². The normalized spacial score (nSPS) is 10.5. The molecular weight excluding hydrogens is 232 g/mol. The summed E-state index contributed by atoms with van der Waals surface area (Å²) in [5.74, 6) is -0.927. The molecule has 0 saturated heterocycles. The molecule has 0 aromatic heterocycles. The number of carbonyl (C=O) groups is 1. The van der Waals surface area contributed by atoms with E-state index in [1.165, 1.54) is 0 Å². The maximum atomic E-state index is 10.3. The van der Waals surface area contributed by atoms with Gasteiger partial charge < -0.3 is 5.11 Å². The quantitative estimate of drug-likeness (QED) is 0.652. The first kappa shape index (κ1) is 9.99. The summed E-state index contributed by atoms with van der Waals surface area (Å²) in [6.45, 7) is 0. The molecule has 0 radical (unpaired) electrons. The molecule has 0 aliphatic carbocycles. The number of carboxylic acid groups (broad SMARTS) is 1. The predicted octanol–water partition coefficient (Wildman–Crippen LogP) is 2.68. The average molecular weight is 241 g/mol. The Hall–Kier alpha value is -1.09. The first-order chi connectivity index (χ1) is 6.24. The lowest BCUT2D eigenvalue weighted by Crippen LogP contribution is -1.88. The maximum absolute atomic E-state index is 10.3. The molecule has 0 heterocycles. The van der Waals surface area contributed by atoms with E-state index in [0.717, 1.165) is 22.5 Å². The third-order valence-corrected chi connectivity index (χ3v) is 2.21. The van der Waals surface area contributed by atoms with Crippen LogP contribution in [-0.2, 0) is 10.1 Å². The van der Waals surface area contributed by atoms with Gasteiger partial charge in [-0.3, -0.25) is 0 Å². The van der Waals surface area contributed by atoms with E-state index in [1.54, 1.807) is 6.08 Å². The van der Waals surface area contributed by atoms with Crippen molar-refractivity contribution in [3.63, 3.8) is 0 Å². The fourth-order valence-electron chi connectivity index (χ4n) is 0.980. The molecule has 0 atom stereocenters. The number of rotatable bonds is 3. The SMILES string of the molecule is O=C(O)C=Cc1ccccc1CBr. The maximum Gasteiger partial charge on any atom is 0.328 e. The summed E-state index contributed by atoms with van der Waals surface area (Å²) in [5.41, 5.74) is 2.02. The minimum atomic E-state index is -0.927. The standard InChI is InChI=1S/C10H9BrO2/c11-7-9-4-2-1-3-8(9)5-6-10(12)13/h1-6H,7H2,(H,12,13). The Labute approximate surface area is 85.0 Å². The molecule has 0 saturated carbocycles. The zero-order chi connectivity index (χ0) is 9.68. The summed E-state index contributed by atoms with van der Waals surface area (Å²) in [4.78, 5) is 10.3.